The molecule has 0 spiro atoms. The summed E-state index contributed by atoms with van der Waals surface area (Å²) in [5.74, 6) is 2.81. The SMILES string of the molecule is CN(C)S(=O)(=O)N1CCN(C(=O)c2cn3c(NC(=O)CC45CC6CC(CC(C6)C4)C5)cccc3n2)CC1. The number of piperazine rings is 1. The monoisotopic (exact) mass is 528 g/mol. The molecule has 4 saturated carbocycles. The minimum absolute atomic E-state index is 0.0363. The third-order valence-corrected chi connectivity index (χ3v) is 10.9. The Kier molecular flexibility index (Phi) is 6.08. The van der Waals surface area contributed by atoms with Crippen molar-refractivity contribution in [3.05, 3.63) is 30.1 Å². The number of carbonyl (C=O) groups excluding carboxylic acids is 2. The number of imidazole rings is 1. The van der Waals surface area contributed by atoms with Crippen molar-refractivity contribution in [2.75, 3.05) is 45.6 Å². The predicted molar refractivity (Wildman–Crippen MR) is 139 cm³/mol. The molecule has 4 aliphatic carbocycles. The van der Waals surface area contributed by atoms with Gasteiger partial charge in [-0.25, -0.2) is 4.98 Å². The van der Waals surface area contributed by atoms with E-state index in [2.05, 4.69) is 10.3 Å². The summed E-state index contributed by atoms with van der Waals surface area (Å²) in [5, 5.41) is 3.11. The number of amides is 2. The summed E-state index contributed by atoms with van der Waals surface area (Å²) in [7, 11) is -0.494. The summed E-state index contributed by atoms with van der Waals surface area (Å²) < 4.78 is 29.1. The van der Waals surface area contributed by atoms with E-state index in [0.29, 0.717) is 31.0 Å². The Morgan fingerprint density at radius 3 is 2.24 bits per heavy atom. The van der Waals surface area contributed by atoms with E-state index in [4.69, 9.17) is 0 Å². The molecule has 5 aliphatic rings. The van der Waals surface area contributed by atoms with Crippen molar-refractivity contribution in [3.63, 3.8) is 0 Å². The van der Waals surface area contributed by atoms with Crippen LogP contribution in [0, 0.1) is 23.2 Å². The average molecular weight is 529 g/mol. The normalized spacial score (nSPS) is 29.8. The lowest BCUT2D eigenvalue weighted by Gasteiger charge is -2.56. The van der Waals surface area contributed by atoms with Crippen LogP contribution in [0.3, 0.4) is 0 Å². The van der Waals surface area contributed by atoms with Crippen molar-refractivity contribution >= 4 is 33.5 Å². The van der Waals surface area contributed by atoms with Crippen molar-refractivity contribution in [3.8, 4) is 0 Å². The third kappa shape index (κ3) is 4.55. The lowest BCUT2D eigenvalue weighted by atomic mass is 9.49. The third-order valence-electron chi connectivity index (χ3n) is 8.99. The number of aromatic nitrogens is 2. The van der Waals surface area contributed by atoms with E-state index in [-0.39, 0.29) is 36.0 Å². The number of fused-ring (bicyclic) bond motifs is 1. The van der Waals surface area contributed by atoms with E-state index < -0.39 is 10.2 Å². The number of anilines is 1. The predicted octanol–water partition coefficient (Wildman–Crippen LogP) is 2.44. The fourth-order valence-electron chi connectivity index (χ4n) is 7.76. The van der Waals surface area contributed by atoms with E-state index in [1.54, 1.807) is 15.5 Å². The highest BCUT2D eigenvalue weighted by Crippen LogP contribution is 2.61. The van der Waals surface area contributed by atoms with Gasteiger partial charge < -0.3 is 10.2 Å². The topological polar surface area (TPSA) is 107 Å². The zero-order valence-corrected chi connectivity index (χ0v) is 22.4. The van der Waals surface area contributed by atoms with E-state index in [1.165, 1.54) is 61.2 Å². The Morgan fingerprint density at radius 2 is 1.65 bits per heavy atom. The zero-order chi connectivity index (χ0) is 25.9. The Balaban J connectivity index is 1.13. The molecule has 11 heteroatoms. The number of hydrogen-bond acceptors (Lipinski definition) is 5. The summed E-state index contributed by atoms with van der Waals surface area (Å²) >= 11 is 0. The van der Waals surface area contributed by atoms with Gasteiger partial charge >= 0.3 is 0 Å². The molecule has 37 heavy (non-hydrogen) atoms. The van der Waals surface area contributed by atoms with Gasteiger partial charge in [0, 0.05) is 52.9 Å². The van der Waals surface area contributed by atoms with Crippen LogP contribution >= 0.6 is 0 Å². The van der Waals surface area contributed by atoms with Gasteiger partial charge in [0.2, 0.25) is 5.91 Å². The Labute approximate surface area is 218 Å². The Bertz CT molecular complexity index is 1290. The first kappa shape index (κ1) is 24.8. The van der Waals surface area contributed by atoms with Crippen LogP contribution in [0.4, 0.5) is 5.82 Å². The molecule has 2 amide bonds. The van der Waals surface area contributed by atoms with Gasteiger partial charge in [0.15, 0.2) is 0 Å². The van der Waals surface area contributed by atoms with Crippen molar-refractivity contribution in [1.29, 1.82) is 0 Å². The maximum absolute atomic E-state index is 13.2. The van der Waals surface area contributed by atoms with Gasteiger partial charge in [-0.15, -0.1) is 0 Å². The first-order valence-corrected chi connectivity index (χ1v) is 14.8. The minimum Gasteiger partial charge on any atom is -0.335 e. The molecule has 0 radical (unpaired) electrons. The second-order valence-corrected chi connectivity index (χ2v) is 14.0. The number of hydrogen-bond donors (Lipinski definition) is 1. The fourth-order valence-corrected chi connectivity index (χ4v) is 8.85. The Hall–Kier alpha value is -2.50. The lowest BCUT2D eigenvalue weighted by Crippen LogP contribution is -2.53. The molecule has 0 atom stereocenters. The summed E-state index contributed by atoms with van der Waals surface area (Å²) in [6.45, 7) is 1.08. The van der Waals surface area contributed by atoms with Crippen LogP contribution < -0.4 is 5.32 Å². The fraction of sp³-hybridized carbons (Fsp3) is 0.654. The highest BCUT2D eigenvalue weighted by molar-refractivity contribution is 7.86. The maximum atomic E-state index is 13.2. The molecule has 200 valence electrons. The van der Waals surface area contributed by atoms with Crippen molar-refractivity contribution < 1.29 is 18.0 Å². The van der Waals surface area contributed by atoms with Crippen molar-refractivity contribution in [1.82, 2.24) is 22.9 Å². The van der Waals surface area contributed by atoms with Crippen LogP contribution in [0.2, 0.25) is 0 Å². The molecule has 7 rings (SSSR count). The molecular formula is C26H36N6O4S. The van der Waals surface area contributed by atoms with Crippen LogP contribution in [0.1, 0.15) is 55.4 Å². The summed E-state index contributed by atoms with van der Waals surface area (Å²) in [4.78, 5) is 32.6. The second-order valence-electron chi connectivity index (χ2n) is 11.9. The van der Waals surface area contributed by atoms with Crippen molar-refractivity contribution in [2.24, 2.45) is 23.2 Å². The zero-order valence-electron chi connectivity index (χ0n) is 21.6. The molecule has 10 nitrogen and oxygen atoms in total. The largest absolute Gasteiger partial charge is 0.335 e. The number of pyridine rings is 1. The van der Waals surface area contributed by atoms with Crippen LogP contribution in [0.5, 0.6) is 0 Å². The second kappa shape index (κ2) is 9.06. The molecule has 2 aromatic heterocycles. The number of nitrogens with one attached hydrogen (secondary N) is 1. The van der Waals surface area contributed by atoms with Gasteiger partial charge in [0.25, 0.3) is 16.1 Å². The first-order chi connectivity index (χ1) is 17.6. The molecule has 0 unspecified atom stereocenters. The van der Waals surface area contributed by atoms with Gasteiger partial charge in [0.05, 0.1) is 0 Å². The highest BCUT2D eigenvalue weighted by Gasteiger charge is 2.51. The van der Waals surface area contributed by atoms with E-state index >= 15 is 0 Å². The van der Waals surface area contributed by atoms with Gasteiger partial charge in [0.1, 0.15) is 17.2 Å². The summed E-state index contributed by atoms with van der Waals surface area (Å²) in [6, 6.07) is 5.49. The number of carbonyl (C=O) groups is 2. The van der Waals surface area contributed by atoms with Crippen LogP contribution in [-0.4, -0.2) is 83.4 Å². The minimum atomic E-state index is -3.50. The van der Waals surface area contributed by atoms with Crippen molar-refractivity contribution in [2.45, 2.75) is 44.9 Å². The quantitative estimate of drug-likeness (QED) is 0.620. The van der Waals surface area contributed by atoms with E-state index in [0.717, 1.165) is 17.8 Å². The van der Waals surface area contributed by atoms with Gasteiger partial charge in [-0.3, -0.25) is 14.0 Å². The maximum Gasteiger partial charge on any atom is 0.281 e. The van der Waals surface area contributed by atoms with Gasteiger partial charge in [-0.1, -0.05) is 6.07 Å². The van der Waals surface area contributed by atoms with E-state index in [9.17, 15) is 18.0 Å². The molecule has 1 saturated heterocycles. The molecule has 3 heterocycles. The van der Waals surface area contributed by atoms with E-state index in [1.807, 2.05) is 18.2 Å². The molecule has 0 aromatic carbocycles. The lowest BCUT2D eigenvalue weighted by molar-refractivity contribution is -0.124. The summed E-state index contributed by atoms with van der Waals surface area (Å²) in [5.41, 5.74) is 1.03. The molecule has 4 bridgehead atoms. The van der Waals surface area contributed by atoms with Crippen LogP contribution in [-0.2, 0) is 15.0 Å². The average Bonchev–Trinajstić information content (AvgIpc) is 3.28. The number of rotatable bonds is 6. The molecule has 5 fully saturated rings. The molecule has 1 N–H and O–H groups in total. The van der Waals surface area contributed by atoms with Gasteiger partial charge in [-0.05, 0) is 73.8 Å². The standard InChI is InChI=1S/C26H36N6O4S/c1-29(2)37(35,36)31-8-6-30(7-9-31)25(34)21-17-32-22(27-21)4-3-5-23(32)28-24(33)16-26-13-18-10-19(14-26)12-20(11-18)15-26/h3-5,17-20H,6-16H2,1-2H3,(H,28,33). The number of nitrogens with zero attached hydrogens (tertiary/aromatic N) is 5. The van der Waals surface area contributed by atoms with Gasteiger partial charge in [-0.2, -0.15) is 17.0 Å². The smallest absolute Gasteiger partial charge is 0.281 e. The Morgan fingerprint density at radius 1 is 1.03 bits per heavy atom. The first-order valence-electron chi connectivity index (χ1n) is 13.4. The van der Waals surface area contributed by atoms with Crippen LogP contribution in [0.25, 0.3) is 5.65 Å². The highest BCUT2D eigenvalue weighted by atomic mass is 32.2. The van der Waals surface area contributed by atoms with Crippen LogP contribution in [0.15, 0.2) is 24.4 Å². The summed E-state index contributed by atoms with van der Waals surface area (Å²) in [6.07, 6.45) is 9.84. The molecular weight excluding hydrogens is 492 g/mol. The molecule has 1 aliphatic heterocycles. The molecule has 2 aromatic rings.